The molecule has 0 fully saturated rings. The number of hydrogen-bond acceptors (Lipinski definition) is 3. The number of rotatable bonds is 5. The Bertz CT molecular complexity index is 824. The SMILES string of the molecule is COC(=O)C(CC1=C(F)CCc2ccccc21)C(=O)c1ccccc1. The summed E-state index contributed by atoms with van der Waals surface area (Å²) in [6.07, 6.45) is 0.921. The Labute approximate surface area is 146 Å². The highest BCUT2D eigenvalue weighted by molar-refractivity contribution is 6.09. The maximum atomic E-state index is 14.5. The molecule has 0 spiro atoms. The first kappa shape index (κ1) is 17.1. The lowest BCUT2D eigenvalue weighted by Crippen LogP contribution is -2.26. The third-order valence-electron chi connectivity index (χ3n) is 4.55. The number of hydrogen-bond donors (Lipinski definition) is 0. The lowest BCUT2D eigenvalue weighted by molar-refractivity contribution is -0.143. The van der Waals surface area contributed by atoms with E-state index >= 15 is 0 Å². The van der Waals surface area contributed by atoms with Gasteiger partial charge in [-0.15, -0.1) is 0 Å². The summed E-state index contributed by atoms with van der Waals surface area (Å²) < 4.78 is 19.4. The summed E-state index contributed by atoms with van der Waals surface area (Å²) >= 11 is 0. The van der Waals surface area contributed by atoms with Crippen molar-refractivity contribution in [3.63, 3.8) is 0 Å². The minimum absolute atomic E-state index is 0.00322. The van der Waals surface area contributed by atoms with Crippen molar-refractivity contribution < 1.29 is 18.7 Å². The standard InChI is InChI=1S/C21H19FO3/c1-25-21(24)18(20(23)15-8-3-2-4-9-15)13-17-16-10-6-5-7-14(16)11-12-19(17)22/h2-10,18H,11-13H2,1H3. The summed E-state index contributed by atoms with van der Waals surface area (Å²) in [4.78, 5) is 25.0. The van der Waals surface area contributed by atoms with Crippen LogP contribution in [0.25, 0.3) is 5.57 Å². The molecule has 0 radical (unpaired) electrons. The Hall–Kier alpha value is -2.75. The zero-order valence-corrected chi connectivity index (χ0v) is 14.0. The molecule has 0 saturated heterocycles. The smallest absolute Gasteiger partial charge is 0.316 e. The molecule has 4 heteroatoms. The minimum atomic E-state index is -1.06. The number of carbonyl (C=O) groups excluding carboxylic acids is 2. The van der Waals surface area contributed by atoms with E-state index in [1.54, 1.807) is 30.3 Å². The number of Topliss-reactive ketones (excluding diaryl/α,β-unsaturated/α-hetero) is 1. The second kappa shape index (κ2) is 7.43. The Balaban J connectivity index is 1.96. The largest absolute Gasteiger partial charge is 0.468 e. The highest BCUT2D eigenvalue weighted by atomic mass is 19.1. The van der Waals surface area contributed by atoms with Gasteiger partial charge in [-0.1, -0.05) is 54.6 Å². The first-order valence-electron chi connectivity index (χ1n) is 8.24. The fourth-order valence-corrected chi connectivity index (χ4v) is 3.23. The third kappa shape index (κ3) is 3.53. The van der Waals surface area contributed by atoms with Crippen molar-refractivity contribution in [1.29, 1.82) is 0 Å². The van der Waals surface area contributed by atoms with Gasteiger partial charge in [-0.25, -0.2) is 4.39 Å². The fraction of sp³-hybridized carbons (Fsp3) is 0.238. The molecule has 2 aromatic carbocycles. The molecule has 25 heavy (non-hydrogen) atoms. The molecular weight excluding hydrogens is 319 g/mol. The van der Waals surface area contributed by atoms with Crippen molar-refractivity contribution >= 4 is 17.3 Å². The Morgan fingerprint density at radius 1 is 1.04 bits per heavy atom. The second-order valence-corrected chi connectivity index (χ2v) is 6.05. The lowest BCUT2D eigenvalue weighted by Gasteiger charge is -2.22. The summed E-state index contributed by atoms with van der Waals surface area (Å²) in [5, 5.41) is 0. The second-order valence-electron chi connectivity index (χ2n) is 6.05. The molecule has 0 N–H and O–H groups in total. The van der Waals surface area contributed by atoms with Gasteiger partial charge in [0.15, 0.2) is 5.78 Å². The van der Waals surface area contributed by atoms with Gasteiger partial charge in [0.05, 0.1) is 7.11 Å². The molecule has 3 rings (SSSR count). The van der Waals surface area contributed by atoms with E-state index in [0.717, 1.165) is 11.1 Å². The van der Waals surface area contributed by atoms with Gasteiger partial charge in [-0.3, -0.25) is 9.59 Å². The van der Waals surface area contributed by atoms with Gasteiger partial charge in [-0.2, -0.15) is 0 Å². The van der Waals surface area contributed by atoms with Crippen LogP contribution in [-0.2, 0) is 16.0 Å². The van der Waals surface area contributed by atoms with Gasteiger partial charge >= 0.3 is 5.97 Å². The van der Waals surface area contributed by atoms with Crippen LogP contribution in [0.1, 0.15) is 34.3 Å². The Morgan fingerprint density at radius 3 is 2.44 bits per heavy atom. The van der Waals surface area contributed by atoms with E-state index in [0.29, 0.717) is 24.0 Å². The molecule has 3 nitrogen and oxygen atoms in total. The fourth-order valence-electron chi connectivity index (χ4n) is 3.23. The Morgan fingerprint density at radius 2 is 1.72 bits per heavy atom. The van der Waals surface area contributed by atoms with Gasteiger partial charge in [0.25, 0.3) is 0 Å². The van der Waals surface area contributed by atoms with Crippen LogP contribution in [0.5, 0.6) is 0 Å². The van der Waals surface area contributed by atoms with E-state index in [4.69, 9.17) is 4.74 Å². The van der Waals surface area contributed by atoms with Crippen molar-refractivity contribution in [2.24, 2.45) is 5.92 Å². The molecule has 128 valence electrons. The molecule has 0 saturated carbocycles. The van der Waals surface area contributed by atoms with Crippen LogP contribution in [0.4, 0.5) is 4.39 Å². The predicted molar refractivity (Wildman–Crippen MR) is 93.7 cm³/mol. The van der Waals surface area contributed by atoms with E-state index in [-0.39, 0.29) is 18.0 Å². The van der Waals surface area contributed by atoms with Crippen molar-refractivity contribution in [2.45, 2.75) is 19.3 Å². The van der Waals surface area contributed by atoms with Crippen LogP contribution in [0.3, 0.4) is 0 Å². The molecule has 2 aromatic rings. The summed E-state index contributed by atoms with van der Waals surface area (Å²) in [7, 11) is 1.24. The molecule has 1 atom stereocenters. The maximum Gasteiger partial charge on any atom is 0.316 e. The molecular formula is C21H19FO3. The van der Waals surface area contributed by atoms with Gasteiger partial charge < -0.3 is 4.74 Å². The predicted octanol–water partition coefficient (Wildman–Crippen LogP) is 4.38. The van der Waals surface area contributed by atoms with Crippen LogP contribution in [-0.4, -0.2) is 18.9 Å². The number of esters is 1. The molecule has 1 aliphatic carbocycles. The van der Waals surface area contributed by atoms with E-state index in [1.165, 1.54) is 7.11 Å². The summed E-state index contributed by atoms with van der Waals surface area (Å²) in [6, 6.07) is 16.1. The summed E-state index contributed by atoms with van der Waals surface area (Å²) in [5.74, 6) is -2.30. The topological polar surface area (TPSA) is 43.4 Å². The zero-order valence-electron chi connectivity index (χ0n) is 14.0. The number of carbonyl (C=O) groups is 2. The molecule has 0 bridgehead atoms. The van der Waals surface area contributed by atoms with Crippen LogP contribution in [0.2, 0.25) is 0 Å². The first-order valence-corrected chi connectivity index (χ1v) is 8.24. The molecule has 1 unspecified atom stereocenters. The maximum absolute atomic E-state index is 14.5. The molecule has 0 aliphatic heterocycles. The number of halogens is 1. The zero-order chi connectivity index (χ0) is 17.8. The molecule has 0 aromatic heterocycles. The number of fused-ring (bicyclic) bond motifs is 1. The normalized spacial score (nSPS) is 14.6. The van der Waals surface area contributed by atoms with Crippen LogP contribution in [0, 0.1) is 5.92 Å². The van der Waals surface area contributed by atoms with E-state index in [1.807, 2.05) is 24.3 Å². The number of allylic oxidation sites excluding steroid dienone is 2. The Kier molecular flexibility index (Phi) is 5.08. The van der Waals surface area contributed by atoms with Crippen LogP contribution < -0.4 is 0 Å². The van der Waals surface area contributed by atoms with Gasteiger partial charge in [0, 0.05) is 12.0 Å². The average Bonchev–Trinajstić information content (AvgIpc) is 2.67. The summed E-state index contributed by atoms with van der Waals surface area (Å²) in [5.41, 5.74) is 2.67. The highest BCUT2D eigenvalue weighted by Gasteiger charge is 2.32. The quantitative estimate of drug-likeness (QED) is 0.462. The average molecular weight is 338 g/mol. The number of ketones is 1. The van der Waals surface area contributed by atoms with Crippen molar-refractivity contribution in [2.75, 3.05) is 7.11 Å². The molecule has 0 heterocycles. The molecule has 0 amide bonds. The first-order chi connectivity index (χ1) is 12.1. The van der Waals surface area contributed by atoms with Crippen molar-refractivity contribution in [1.82, 2.24) is 0 Å². The van der Waals surface area contributed by atoms with Gasteiger partial charge in [-0.05, 0) is 29.5 Å². The van der Waals surface area contributed by atoms with Crippen molar-refractivity contribution in [3.05, 3.63) is 77.1 Å². The number of benzene rings is 2. The number of ether oxygens (including phenoxy) is 1. The summed E-state index contributed by atoms with van der Waals surface area (Å²) in [6.45, 7) is 0. The number of methoxy groups -OCH3 is 1. The monoisotopic (exact) mass is 338 g/mol. The minimum Gasteiger partial charge on any atom is -0.468 e. The van der Waals surface area contributed by atoms with Crippen LogP contribution >= 0.6 is 0 Å². The van der Waals surface area contributed by atoms with Gasteiger partial charge in [0.1, 0.15) is 11.7 Å². The number of aryl methyl sites for hydroxylation is 1. The lowest BCUT2D eigenvalue weighted by atomic mass is 9.83. The third-order valence-corrected chi connectivity index (χ3v) is 4.55. The highest BCUT2D eigenvalue weighted by Crippen LogP contribution is 2.37. The van der Waals surface area contributed by atoms with Crippen molar-refractivity contribution in [3.8, 4) is 0 Å². The van der Waals surface area contributed by atoms with E-state index < -0.39 is 11.9 Å². The van der Waals surface area contributed by atoms with E-state index in [9.17, 15) is 14.0 Å². The van der Waals surface area contributed by atoms with E-state index in [2.05, 4.69) is 0 Å². The van der Waals surface area contributed by atoms with Crippen LogP contribution in [0.15, 0.2) is 60.4 Å². The van der Waals surface area contributed by atoms with Gasteiger partial charge in [0.2, 0.25) is 0 Å². The molecule has 1 aliphatic rings.